The van der Waals surface area contributed by atoms with Gasteiger partial charge in [-0.25, -0.2) is 4.39 Å². The van der Waals surface area contributed by atoms with E-state index in [-0.39, 0.29) is 5.82 Å². The first-order chi connectivity index (χ1) is 6.75. The number of benzene rings is 1. The summed E-state index contributed by atoms with van der Waals surface area (Å²) in [6, 6.07) is 6.23. The van der Waals surface area contributed by atoms with Crippen molar-refractivity contribution in [3.63, 3.8) is 0 Å². The molecule has 0 fully saturated rings. The minimum Gasteiger partial charge on any atom is -0.386 e. The minimum atomic E-state index is -0.242. The number of hydrogen-bond acceptors (Lipinski definition) is 3. The molecule has 0 amide bonds. The maximum Gasteiger partial charge on any atom is 0.123 e. The van der Waals surface area contributed by atoms with Crippen LogP contribution in [0.4, 0.5) is 4.39 Å². The standard InChI is InChI=1S/C10H10FN3/c11-8-3-1-7(2-4-8)9-5-6-10(12)14-13-9/h1-4H,5-6H2,(H2,12,14). The van der Waals surface area contributed by atoms with Gasteiger partial charge in [-0.3, -0.25) is 0 Å². The molecular weight excluding hydrogens is 181 g/mol. The lowest BCUT2D eigenvalue weighted by molar-refractivity contribution is 0.627. The summed E-state index contributed by atoms with van der Waals surface area (Å²) in [4.78, 5) is 0. The van der Waals surface area contributed by atoms with Crippen LogP contribution in [0.15, 0.2) is 34.5 Å². The first-order valence-corrected chi connectivity index (χ1v) is 4.40. The van der Waals surface area contributed by atoms with Crippen molar-refractivity contribution >= 4 is 11.5 Å². The van der Waals surface area contributed by atoms with Gasteiger partial charge >= 0.3 is 0 Å². The van der Waals surface area contributed by atoms with Crippen molar-refractivity contribution in [2.75, 3.05) is 0 Å². The first kappa shape index (κ1) is 8.87. The molecule has 0 saturated carbocycles. The monoisotopic (exact) mass is 191 g/mol. The lowest BCUT2D eigenvalue weighted by atomic mass is 10.0. The Morgan fingerprint density at radius 1 is 1.07 bits per heavy atom. The quantitative estimate of drug-likeness (QED) is 0.721. The maximum absolute atomic E-state index is 12.6. The highest BCUT2D eigenvalue weighted by Crippen LogP contribution is 2.11. The fourth-order valence-electron chi connectivity index (χ4n) is 1.32. The van der Waals surface area contributed by atoms with Crippen LogP contribution in [0.5, 0.6) is 0 Å². The van der Waals surface area contributed by atoms with Crippen LogP contribution in [-0.4, -0.2) is 11.5 Å². The Hall–Kier alpha value is -1.71. The zero-order valence-corrected chi connectivity index (χ0v) is 7.57. The zero-order valence-electron chi connectivity index (χ0n) is 7.57. The van der Waals surface area contributed by atoms with E-state index in [1.54, 1.807) is 12.1 Å². The summed E-state index contributed by atoms with van der Waals surface area (Å²) in [5.41, 5.74) is 7.25. The molecule has 72 valence electrons. The van der Waals surface area contributed by atoms with Gasteiger partial charge in [-0.2, -0.15) is 5.10 Å². The van der Waals surface area contributed by atoms with Crippen molar-refractivity contribution in [2.24, 2.45) is 15.9 Å². The Morgan fingerprint density at radius 2 is 1.79 bits per heavy atom. The van der Waals surface area contributed by atoms with Crippen molar-refractivity contribution in [1.82, 2.24) is 0 Å². The topological polar surface area (TPSA) is 50.7 Å². The molecule has 1 aliphatic rings. The average molecular weight is 191 g/mol. The van der Waals surface area contributed by atoms with Gasteiger partial charge in [-0.1, -0.05) is 12.1 Å². The first-order valence-electron chi connectivity index (χ1n) is 4.40. The molecule has 0 atom stereocenters. The van der Waals surface area contributed by atoms with Crippen LogP contribution >= 0.6 is 0 Å². The van der Waals surface area contributed by atoms with E-state index in [0.717, 1.165) is 24.1 Å². The Balaban J connectivity index is 2.28. The van der Waals surface area contributed by atoms with Crippen LogP contribution in [0.1, 0.15) is 18.4 Å². The summed E-state index contributed by atoms with van der Waals surface area (Å²) in [6.45, 7) is 0. The Kier molecular flexibility index (Phi) is 2.26. The summed E-state index contributed by atoms with van der Waals surface area (Å²) in [6.07, 6.45) is 1.48. The average Bonchev–Trinajstić information content (AvgIpc) is 2.21. The minimum absolute atomic E-state index is 0.242. The second-order valence-electron chi connectivity index (χ2n) is 3.14. The van der Waals surface area contributed by atoms with Gasteiger partial charge in [0.15, 0.2) is 0 Å². The predicted molar refractivity (Wildman–Crippen MR) is 53.8 cm³/mol. The van der Waals surface area contributed by atoms with Gasteiger partial charge in [-0.05, 0) is 24.1 Å². The highest BCUT2D eigenvalue weighted by molar-refractivity contribution is 6.04. The van der Waals surface area contributed by atoms with Crippen LogP contribution in [0, 0.1) is 5.82 Å². The predicted octanol–water partition coefficient (Wildman–Crippen LogP) is 1.68. The molecule has 0 aromatic heterocycles. The van der Waals surface area contributed by atoms with Crippen molar-refractivity contribution < 1.29 is 4.39 Å². The van der Waals surface area contributed by atoms with Gasteiger partial charge in [-0.15, -0.1) is 5.10 Å². The van der Waals surface area contributed by atoms with Crippen LogP contribution in [0.2, 0.25) is 0 Å². The number of rotatable bonds is 1. The Labute approximate surface area is 81.2 Å². The van der Waals surface area contributed by atoms with Gasteiger partial charge in [0.05, 0.1) is 5.71 Å². The highest BCUT2D eigenvalue weighted by Gasteiger charge is 2.09. The number of nitrogens with zero attached hydrogens (tertiary/aromatic N) is 2. The summed E-state index contributed by atoms with van der Waals surface area (Å²) in [7, 11) is 0. The number of nitrogens with two attached hydrogens (primary N) is 1. The molecule has 2 N–H and O–H groups in total. The van der Waals surface area contributed by atoms with Crippen molar-refractivity contribution in [2.45, 2.75) is 12.8 Å². The van der Waals surface area contributed by atoms with Gasteiger partial charge in [0.1, 0.15) is 11.7 Å². The summed E-state index contributed by atoms with van der Waals surface area (Å²) in [5.74, 6) is 0.309. The van der Waals surface area contributed by atoms with Gasteiger partial charge in [0, 0.05) is 6.42 Å². The van der Waals surface area contributed by atoms with Crippen LogP contribution < -0.4 is 5.73 Å². The third kappa shape index (κ3) is 1.79. The van der Waals surface area contributed by atoms with E-state index in [2.05, 4.69) is 10.2 Å². The maximum atomic E-state index is 12.6. The van der Waals surface area contributed by atoms with E-state index in [1.807, 2.05) is 0 Å². The largest absolute Gasteiger partial charge is 0.386 e. The lowest BCUT2D eigenvalue weighted by Gasteiger charge is -2.08. The molecule has 0 spiro atoms. The van der Waals surface area contributed by atoms with Crippen molar-refractivity contribution in [1.29, 1.82) is 0 Å². The third-order valence-corrected chi connectivity index (χ3v) is 2.09. The van der Waals surface area contributed by atoms with Crippen LogP contribution in [-0.2, 0) is 0 Å². The molecule has 0 bridgehead atoms. The lowest BCUT2D eigenvalue weighted by Crippen LogP contribution is -2.17. The second kappa shape index (κ2) is 3.57. The van der Waals surface area contributed by atoms with Gasteiger partial charge in [0.25, 0.3) is 0 Å². The fraction of sp³-hybridized carbons (Fsp3) is 0.200. The van der Waals surface area contributed by atoms with E-state index in [9.17, 15) is 4.39 Å². The smallest absolute Gasteiger partial charge is 0.123 e. The van der Waals surface area contributed by atoms with Crippen molar-refractivity contribution in [3.8, 4) is 0 Å². The Bertz CT molecular complexity index is 392. The number of amidine groups is 1. The zero-order chi connectivity index (χ0) is 9.97. The van der Waals surface area contributed by atoms with Crippen LogP contribution in [0.3, 0.4) is 0 Å². The number of halogens is 1. The molecule has 1 aliphatic heterocycles. The molecule has 3 nitrogen and oxygen atoms in total. The van der Waals surface area contributed by atoms with Crippen LogP contribution in [0.25, 0.3) is 0 Å². The normalized spacial score (nSPS) is 16.1. The van der Waals surface area contributed by atoms with E-state index < -0.39 is 0 Å². The second-order valence-corrected chi connectivity index (χ2v) is 3.14. The molecule has 1 aromatic rings. The molecule has 2 rings (SSSR count). The van der Waals surface area contributed by atoms with E-state index in [4.69, 9.17) is 5.73 Å². The molecule has 14 heavy (non-hydrogen) atoms. The number of hydrogen-bond donors (Lipinski definition) is 1. The third-order valence-electron chi connectivity index (χ3n) is 2.09. The van der Waals surface area contributed by atoms with E-state index >= 15 is 0 Å². The molecule has 0 radical (unpaired) electrons. The SMILES string of the molecule is NC1=NN=C(c2ccc(F)cc2)CC1. The molecule has 4 heteroatoms. The summed E-state index contributed by atoms with van der Waals surface area (Å²) in [5, 5.41) is 7.77. The van der Waals surface area contributed by atoms with Crippen molar-refractivity contribution in [3.05, 3.63) is 35.6 Å². The highest BCUT2D eigenvalue weighted by atomic mass is 19.1. The van der Waals surface area contributed by atoms with Gasteiger partial charge in [0.2, 0.25) is 0 Å². The summed E-state index contributed by atoms with van der Waals surface area (Å²) >= 11 is 0. The Morgan fingerprint density at radius 3 is 2.36 bits per heavy atom. The van der Waals surface area contributed by atoms with E-state index in [0.29, 0.717) is 5.84 Å². The van der Waals surface area contributed by atoms with E-state index in [1.165, 1.54) is 12.1 Å². The fourth-order valence-corrected chi connectivity index (χ4v) is 1.32. The molecule has 1 aromatic carbocycles. The molecule has 1 heterocycles. The van der Waals surface area contributed by atoms with Gasteiger partial charge < -0.3 is 5.73 Å². The molecule has 0 unspecified atom stereocenters. The molecule has 0 saturated heterocycles. The summed E-state index contributed by atoms with van der Waals surface area (Å²) < 4.78 is 12.6. The molecular formula is C10H10FN3. The molecule has 0 aliphatic carbocycles.